The van der Waals surface area contributed by atoms with Crippen molar-refractivity contribution in [1.29, 1.82) is 0 Å². The molecule has 0 aromatic heterocycles. The maximum absolute atomic E-state index is 6.06. The van der Waals surface area contributed by atoms with Crippen LogP contribution in [0.15, 0.2) is 0 Å². The quantitative estimate of drug-likeness (QED) is 0.777. The molecule has 0 atom stereocenters. The van der Waals surface area contributed by atoms with E-state index in [1.54, 1.807) is 0 Å². The van der Waals surface area contributed by atoms with Crippen molar-refractivity contribution in [2.24, 2.45) is 0 Å². The van der Waals surface area contributed by atoms with Crippen molar-refractivity contribution in [1.82, 2.24) is 5.32 Å². The zero-order chi connectivity index (χ0) is 11.4. The SMILES string of the molecule is CC.CC(C)(C)S(C)(C)OC1CNC1.[HH]. The van der Waals surface area contributed by atoms with Gasteiger partial charge in [0.2, 0.25) is 0 Å². The highest BCUT2D eigenvalue weighted by molar-refractivity contribution is 8.29. The van der Waals surface area contributed by atoms with Crippen molar-refractivity contribution < 1.29 is 5.61 Å². The van der Waals surface area contributed by atoms with Gasteiger partial charge in [0.1, 0.15) is 0 Å². The minimum Gasteiger partial charge on any atom is -0.331 e. The fourth-order valence-electron chi connectivity index (χ4n) is 0.815. The maximum atomic E-state index is 6.06. The number of nitrogens with one attached hydrogen (secondary N) is 1. The summed E-state index contributed by atoms with van der Waals surface area (Å²) in [5.41, 5.74) is 0. The molecule has 0 aliphatic carbocycles. The molecule has 0 unspecified atom stereocenters. The maximum Gasteiger partial charge on any atom is 0.0949 e. The highest BCUT2D eigenvalue weighted by Crippen LogP contribution is 2.54. The number of rotatable bonds is 2. The van der Waals surface area contributed by atoms with Crippen LogP contribution in [0.5, 0.6) is 0 Å². The molecule has 0 amide bonds. The van der Waals surface area contributed by atoms with Gasteiger partial charge in [0, 0.05) is 19.3 Å². The van der Waals surface area contributed by atoms with E-state index >= 15 is 0 Å². The molecule has 0 radical (unpaired) electrons. The van der Waals surface area contributed by atoms with Gasteiger partial charge in [-0.1, -0.05) is 34.6 Å². The third-order valence-corrected chi connectivity index (χ3v) is 6.30. The van der Waals surface area contributed by atoms with Gasteiger partial charge in [-0.2, -0.15) is 0 Å². The Balaban J connectivity index is 0. The van der Waals surface area contributed by atoms with E-state index in [1.807, 2.05) is 13.8 Å². The summed E-state index contributed by atoms with van der Waals surface area (Å²) in [6.45, 7) is 12.8. The fraction of sp³-hybridized carbons (Fsp3) is 1.00. The van der Waals surface area contributed by atoms with Crippen LogP contribution in [0.2, 0.25) is 0 Å². The normalized spacial score (nSPS) is 19.4. The lowest BCUT2D eigenvalue weighted by Gasteiger charge is -2.47. The Labute approximate surface area is 92.8 Å². The predicted octanol–water partition coefficient (Wildman–Crippen LogP) is 3.02. The van der Waals surface area contributed by atoms with Gasteiger partial charge in [0.25, 0.3) is 0 Å². The van der Waals surface area contributed by atoms with Crippen LogP contribution in [-0.4, -0.2) is 36.5 Å². The Morgan fingerprint density at radius 3 is 1.86 bits per heavy atom. The van der Waals surface area contributed by atoms with Crippen LogP contribution in [0.25, 0.3) is 0 Å². The van der Waals surface area contributed by atoms with Crippen LogP contribution in [0.3, 0.4) is 0 Å². The molecule has 0 spiro atoms. The smallest absolute Gasteiger partial charge is 0.0949 e. The lowest BCUT2D eigenvalue weighted by Crippen LogP contribution is -2.49. The zero-order valence-corrected chi connectivity index (χ0v) is 11.6. The van der Waals surface area contributed by atoms with Crippen molar-refractivity contribution in [2.45, 2.75) is 45.5 Å². The number of hydrogen-bond donors (Lipinski definition) is 1. The van der Waals surface area contributed by atoms with Crippen LogP contribution in [0, 0.1) is 0 Å². The summed E-state index contributed by atoms with van der Waals surface area (Å²) in [5, 5.41) is 3.22. The highest BCUT2D eigenvalue weighted by Gasteiger charge is 2.33. The van der Waals surface area contributed by atoms with Crippen molar-refractivity contribution in [3.8, 4) is 0 Å². The van der Waals surface area contributed by atoms with Gasteiger partial charge in [0.15, 0.2) is 0 Å². The molecule has 1 fully saturated rings. The molecular weight excluding hydrogens is 194 g/mol. The molecule has 1 aliphatic rings. The fourth-order valence-corrected chi connectivity index (χ4v) is 1.92. The first-order valence-electron chi connectivity index (χ1n) is 5.45. The molecule has 0 bridgehead atoms. The standard InChI is InChI=1S/C9H21NOS.C2H6.H2/c1-9(2,3)12(4,5)11-8-6-10-7-8;1-2;/h8,10H,6-7H2,1-5H3;1-2H3;1H. The first kappa shape index (κ1) is 14.3. The van der Waals surface area contributed by atoms with Gasteiger partial charge in [-0.05, 0) is 12.5 Å². The van der Waals surface area contributed by atoms with Crippen LogP contribution >= 0.6 is 10.3 Å². The van der Waals surface area contributed by atoms with E-state index < -0.39 is 10.3 Å². The van der Waals surface area contributed by atoms with E-state index in [4.69, 9.17) is 4.18 Å². The summed E-state index contributed by atoms with van der Waals surface area (Å²) in [6, 6.07) is 0. The monoisotopic (exact) mass is 223 g/mol. The second-order valence-electron chi connectivity index (χ2n) is 4.72. The van der Waals surface area contributed by atoms with E-state index in [0.717, 1.165) is 13.1 Å². The molecular formula is C11H29NOS. The largest absolute Gasteiger partial charge is 0.331 e. The third-order valence-electron chi connectivity index (χ3n) is 2.60. The lowest BCUT2D eigenvalue weighted by atomic mass is 10.2. The van der Waals surface area contributed by atoms with Gasteiger partial charge >= 0.3 is 0 Å². The Kier molecular flexibility index (Phi) is 5.48. The Morgan fingerprint density at radius 1 is 1.21 bits per heavy atom. The Bertz CT molecular complexity index is 164. The van der Waals surface area contributed by atoms with Gasteiger partial charge < -0.3 is 9.50 Å². The van der Waals surface area contributed by atoms with Crippen LogP contribution < -0.4 is 5.32 Å². The molecule has 1 N–H and O–H groups in total. The van der Waals surface area contributed by atoms with Crippen LogP contribution in [-0.2, 0) is 4.18 Å². The van der Waals surface area contributed by atoms with E-state index in [-0.39, 0.29) is 1.43 Å². The summed E-state index contributed by atoms with van der Waals surface area (Å²) < 4.78 is 6.35. The minimum atomic E-state index is -0.898. The summed E-state index contributed by atoms with van der Waals surface area (Å²) in [4.78, 5) is 0. The second-order valence-corrected chi connectivity index (χ2v) is 8.61. The molecule has 1 heterocycles. The van der Waals surface area contributed by atoms with Gasteiger partial charge in [-0.15, -0.1) is 10.3 Å². The van der Waals surface area contributed by atoms with Crippen molar-refractivity contribution >= 4 is 10.3 Å². The van der Waals surface area contributed by atoms with Crippen LogP contribution in [0.1, 0.15) is 36.0 Å². The molecule has 0 aromatic carbocycles. The third kappa shape index (κ3) is 3.79. The van der Waals surface area contributed by atoms with Crippen molar-refractivity contribution in [3.05, 3.63) is 0 Å². The predicted molar refractivity (Wildman–Crippen MR) is 70.4 cm³/mol. The average Bonchev–Trinajstić information content (AvgIpc) is 1.99. The van der Waals surface area contributed by atoms with E-state index in [1.165, 1.54) is 0 Å². The molecule has 14 heavy (non-hydrogen) atoms. The van der Waals surface area contributed by atoms with Gasteiger partial charge in [0.05, 0.1) is 6.10 Å². The van der Waals surface area contributed by atoms with Crippen LogP contribution in [0.4, 0.5) is 0 Å². The number of hydrogen-bond acceptors (Lipinski definition) is 2. The van der Waals surface area contributed by atoms with Crippen molar-refractivity contribution in [3.63, 3.8) is 0 Å². The first-order valence-corrected chi connectivity index (χ1v) is 7.82. The molecule has 1 rings (SSSR count). The zero-order valence-electron chi connectivity index (χ0n) is 10.8. The molecule has 2 nitrogen and oxygen atoms in total. The van der Waals surface area contributed by atoms with E-state index in [9.17, 15) is 0 Å². The van der Waals surface area contributed by atoms with E-state index in [2.05, 4.69) is 38.6 Å². The Morgan fingerprint density at radius 2 is 1.64 bits per heavy atom. The highest BCUT2D eigenvalue weighted by atomic mass is 32.3. The first-order chi connectivity index (χ1) is 6.33. The topological polar surface area (TPSA) is 21.3 Å². The van der Waals surface area contributed by atoms with E-state index in [0.29, 0.717) is 10.9 Å². The summed E-state index contributed by atoms with van der Waals surface area (Å²) in [7, 11) is -0.898. The van der Waals surface area contributed by atoms with Gasteiger partial charge in [-0.25, -0.2) is 0 Å². The summed E-state index contributed by atoms with van der Waals surface area (Å²) in [6.07, 6.45) is 4.98. The van der Waals surface area contributed by atoms with Gasteiger partial charge in [-0.3, -0.25) is 0 Å². The lowest BCUT2D eigenvalue weighted by molar-refractivity contribution is 0.160. The Hall–Kier alpha value is 0.270. The molecule has 1 saturated heterocycles. The summed E-state index contributed by atoms with van der Waals surface area (Å²) in [5.74, 6) is 0. The molecule has 1 aliphatic heterocycles. The van der Waals surface area contributed by atoms with Crippen molar-refractivity contribution in [2.75, 3.05) is 25.6 Å². The average molecular weight is 223 g/mol. The minimum absolute atomic E-state index is 0. The molecule has 0 aromatic rings. The summed E-state index contributed by atoms with van der Waals surface area (Å²) >= 11 is 0. The molecule has 3 heteroatoms. The molecule has 0 saturated carbocycles. The molecule has 90 valence electrons. The second kappa shape index (κ2) is 5.38.